The predicted molar refractivity (Wildman–Crippen MR) is 51.3 cm³/mol. The second kappa shape index (κ2) is 3.97. The molecule has 2 fully saturated rings. The average molecular weight is 193 g/mol. The van der Waals surface area contributed by atoms with Crippen LogP contribution in [0.15, 0.2) is 0 Å². The number of nitrogens with zero attached hydrogens (tertiary/aromatic N) is 1. The van der Waals surface area contributed by atoms with Gasteiger partial charge in [-0.05, 0) is 25.2 Å². The van der Waals surface area contributed by atoms with E-state index in [0.29, 0.717) is 24.9 Å². The number of nitriles is 1. The highest BCUT2D eigenvalue weighted by Gasteiger charge is 2.39. The Balaban J connectivity index is 1.92. The Bertz CT molecular complexity index is 267. The van der Waals surface area contributed by atoms with Crippen molar-refractivity contribution < 1.29 is 4.79 Å². The van der Waals surface area contributed by atoms with Gasteiger partial charge in [0.25, 0.3) is 0 Å². The number of nitrogens with one attached hydrogen (secondary N) is 2. The maximum Gasteiger partial charge on any atom is 0.220 e. The first-order valence-corrected chi connectivity index (χ1v) is 5.21. The quantitative estimate of drug-likeness (QED) is 0.627. The van der Waals surface area contributed by atoms with E-state index < -0.39 is 0 Å². The van der Waals surface area contributed by atoms with Crippen LogP contribution in [0.4, 0.5) is 0 Å². The molecule has 2 rings (SSSR count). The normalized spacial score (nSPS) is 32.1. The van der Waals surface area contributed by atoms with E-state index in [0.717, 1.165) is 6.42 Å². The van der Waals surface area contributed by atoms with Crippen molar-refractivity contribution in [3.63, 3.8) is 0 Å². The molecule has 1 heterocycles. The maximum absolute atomic E-state index is 11.2. The van der Waals surface area contributed by atoms with Crippen molar-refractivity contribution in [2.24, 2.45) is 5.92 Å². The fourth-order valence-electron chi connectivity index (χ4n) is 2.13. The molecule has 0 aromatic carbocycles. The molecule has 1 aliphatic carbocycles. The standard InChI is InChI=1S/C10H15N3O/c11-5-6-12-8-3-4-9(14)13-10(8)7-1-2-7/h7-8,10,12H,1-4,6H2,(H,13,14). The Morgan fingerprint density at radius 1 is 1.50 bits per heavy atom. The molecule has 4 nitrogen and oxygen atoms in total. The number of hydrogen-bond donors (Lipinski definition) is 2. The third-order valence-corrected chi connectivity index (χ3v) is 3.02. The molecule has 0 spiro atoms. The Morgan fingerprint density at radius 2 is 2.29 bits per heavy atom. The van der Waals surface area contributed by atoms with Crippen LogP contribution in [0.2, 0.25) is 0 Å². The van der Waals surface area contributed by atoms with E-state index in [4.69, 9.17) is 5.26 Å². The van der Waals surface area contributed by atoms with Gasteiger partial charge in [-0.15, -0.1) is 0 Å². The first-order valence-electron chi connectivity index (χ1n) is 5.21. The van der Waals surface area contributed by atoms with Crippen molar-refractivity contribution >= 4 is 5.91 Å². The highest BCUT2D eigenvalue weighted by atomic mass is 16.1. The lowest BCUT2D eigenvalue weighted by Crippen LogP contribution is -2.55. The molecule has 0 aromatic rings. The van der Waals surface area contributed by atoms with E-state index in [2.05, 4.69) is 16.7 Å². The minimum absolute atomic E-state index is 0.164. The molecule has 4 heteroatoms. The van der Waals surface area contributed by atoms with Crippen molar-refractivity contribution in [2.45, 2.75) is 37.8 Å². The number of rotatable bonds is 3. The highest BCUT2D eigenvalue weighted by molar-refractivity contribution is 5.77. The monoisotopic (exact) mass is 193 g/mol. The summed E-state index contributed by atoms with van der Waals surface area (Å²) in [5, 5.41) is 14.7. The van der Waals surface area contributed by atoms with Crippen LogP contribution in [0, 0.1) is 17.2 Å². The van der Waals surface area contributed by atoms with Crippen molar-refractivity contribution in [1.82, 2.24) is 10.6 Å². The molecule has 2 atom stereocenters. The lowest BCUT2D eigenvalue weighted by atomic mass is 9.94. The van der Waals surface area contributed by atoms with Gasteiger partial charge in [-0.3, -0.25) is 10.1 Å². The lowest BCUT2D eigenvalue weighted by molar-refractivity contribution is -0.124. The van der Waals surface area contributed by atoms with Crippen molar-refractivity contribution in [3.05, 3.63) is 0 Å². The molecule has 0 radical (unpaired) electrons. The molecule has 1 saturated carbocycles. The first kappa shape index (κ1) is 9.47. The molecule has 0 bridgehead atoms. The summed E-state index contributed by atoms with van der Waals surface area (Å²) < 4.78 is 0. The first-order chi connectivity index (χ1) is 6.81. The average Bonchev–Trinajstić information content (AvgIpc) is 2.99. The van der Waals surface area contributed by atoms with E-state index in [9.17, 15) is 4.79 Å². The summed E-state index contributed by atoms with van der Waals surface area (Å²) in [6, 6.07) is 2.66. The van der Waals surface area contributed by atoms with E-state index in [-0.39, 0.29) is 11.9 Å². The second-order valence-electron chi connectivity index (χ2n) is 4.11. The van der Waals surface area contributed by atoms with E-state index >= 15 is 0 Å². The Hall–Kier alpha value is -1.08. The minimum atomic E-state index is 0.164. The zero-order valence-electron chi connectivity index (χ0n) is 8.12. The van der Waals surface area contributed by atoms with Gasteiger partial charge in [0.05, 0.1) is 12.6 Å². The van der Waals surface area contributed by atoms with Gasteiger partial charge in [0.15, 0.2) is 0 Å². The van der Waals surface area contributed by atoms with Crippen LogP contribution in [0.3, 0.4) is 0 Å². The SMILES string of the molecule is N#CCNC1CCC(=O)NC1C1CC1. The molecule has 2 unspecified atom stereocenters. The number of piperidine rings is 1. The predicted octanol–water partition coefficient (Wildman–Crippen LogP) is 0.157. The molecule has 14 heavy (non-hydrogen) atoms. The topological polar surface area (TPSA) is 64.9 Å². The van der Waals surface area contributed by atoms with Crippen LogP contribution in [-0.2, 0) is 4.79 Å². The lowest BCUT2D eigenvalue weighted by Gasteiger charge is -2.32. The molecule has 2 N–H and O–H groups in total. The molecule has 76 valence electrons. The van der Waals surface area contributed by atoms with Gasteiger partial charge >= 0.3 is 0 Å². The van der Waals surface area contributed by atoms with Gasteiger partial charge < -0.3 is 5.32 Å². The number of carbonyl (C=O) groups excluding carboxylic acids is 1. The number of hydrogen-bond acceptors (Lipinski definition) is 3. The maximum atomic E-state index is 11.2. The van der Waals surface area contributed by atoms with Crippen molar-refractivity contribution in [1.29, 1.82) is 5.26 Å². The van der Waals surface area contributed by atoms with E-state index in [1.165, 1.54) is 12.8 Å². The fourth-order valence-corrected chi connectivity index (χ4v) is 2.13. The summed E-state index contributed by atoms with van der Waals surface area (Å²) in [6.07, 6.45) is 3.90. The smallest absolute Gasteiger partial charge is 0.220 e. The summed E-state index contributed by atoms with van der Waals surface area (Å²) in [5.74, 6) is 0.812. The molecule has 2 aliphatic rings. The van der Waals surface area contributed by atoms with Crippen LogP contribution in [0.1, 0.15) is 25.7 Å². The van der Waals surface area contributed by atoms with Crippen molar-refractivity contribution in [2.75, 3.05) is 6.54 Å². The number of amides is 1. The van der Waals surface area contributed by atoms with Crippen LogP contribution in [0.5, 0.6) is 0 Å². The Morgan fingerprint density at radius 3 is 2.93 bits per heavy atom. The van der Waals surface area contributed by atoms with Crippen LogP contribution >= 0.6 is 0 Å². The van der Waals surface area contributed by atoms with E-state index in [1.54, 1.807) is 0 Å². The molecule has 1 saturated heterocycles. The van der Waals surface area contributed by atoms with Gasteiger partial charge in [0, 0.05) is 18.5 Å². The summed E-state index contributed by atoms with van der Waals surface area (Å²) >= 11 is 0. The molecule has 0 aromatic heterocycles. The molecular weight excluding hydrogens is 178 g/mol. The van der Waals surface area contributed by atoms with Gasteiger partial charge in [-0.25, -0.2) is 0 Å². The zero-order chi connectivity index (χ0) is 9.97. The molecular formula is C10H15N3O. The summed E-state index contributed by atoms with van der Waals surface area (Å²) in [4.78, 5) is 11.2. The van der Waals surface area contributed by atoms with Gasteiger partial charge in [0.1, 0.15) is 0 Å². The van der Waals surface area contributed by atoms with Gasteiger partial charge in [0.2, 0.25) is 5.91 Å². The third kappa shape index (κ3) is 2.05. The van der Waals surface area contributed by atoms with Crippen LogP contribution < -0.4 is 10.6 Å². The third-order valence-electron chi connectivity index (χ3n) is 3.02. The van der Waals surface area contributed by atoms with Crippen LogP contribution in [-0.4, -0.2) is 24.5 Å². The zero-order valence-corrected chi connectivity index (χ0v) is 8.12. The summed E-state index contributed by atoms with van der Waals surface area (Å²) in [7, 11) is 0. The second-order valence-corrected chi connectivity index (χ2v) is 4.11. The summed E-state index contributed by atoms with van der Waals surface area (Å²) in [6.45, 7) is 0.379. The summed E-state index contributed by atoms with van der Waals surface area (Å²) in [5.41, 5.74) is 0. The fraction of sp³-hybridized carbons (Fsp3) is 0.800. The molecule has 1 aliphatic heterocycles. The molecule has 1 amide bonds. The number of carbonyl (C=O) groups is 1. The van der Waals surface area contributed by atoms with Crippen molar-refractivity contribution in [3.8, 4) is 6.07 Å². The van der Waals surface area contributed by atoms with Crippen LogP contribution in [0.25, 0.3) is 0 Å². The van der Waals surface area contributed by atoms with Gasteiger partial charge in [-0.2, -0.15) is 5.26 Å². The van der Waals surface area contributed by atoms with E-state index in [1.807, 2.05) is 0 Å². The largest absolute Gasteiger partial charge is 0.352 e. The highest BCUT2D eigenvalue weighted by Crippen LogP contribution is 2.36. The Labute approximate surface area is 83.7 Å². The van der Waals surface area contributed by atoms with Gasteiger partial charge in [-0.1, -0.05) is 0 Å². The Kier molecular flexibility index (Phi) is 2.69. The minimum Gasteiger partial charge on any atom is -0.352 e.